The summed E-state index contributed by atoms with van der Waals surface area (Å²) < 4.78 is 0. The molecule has 0 unspecified atom stereocenters. The summed E-state index contributed by atoms with van der Waals surface area (Å²) in [5, 5.41) is 8.74. The highest BCUT2D eigenvalue weighted by Gasteiger charge is 2.04. The fraction of sp³-hybridized carbons (Fsp3) is 0.429. The Morgan fingerprint density at radius 2 is 1.67 bits per heavy atom. The molecule has 0 aromatic heterocycles. The SMILES string of the molecule is CCc1cc(C)cc(CC)c1C#CCO. The van der Waals surface area contributed by atoms with Gasteiger partial charge in [-0.2, -0.15) is 0 Å². The van der Waals surface area contributed by atoms with Crippen molar-refractivity contribution in [2.45, 2.75) is 33.6 Å². The first-order valence-corrected chi connectivity index (χ1v) is 5.45. The Morgan fingerprint density at radius 1 is 1.13 bits per heavy atom. The van der Waals surface area contributed by atoms with Crippen molar-refractivity contribution < 1.29 is 5.11 Å². The van der Waals surface area contributed by atoms with Gasteiger partial charge in [-0.3, -0.25) is 0 Å². The van der Waals surface area contributed by atoms with Crippen molar-refractivity contribution in [3.8, 4) is 11.8 Å². The first-order valence-electron chi connectivity index (χ1n) is 5.45. The topological polar surface area (TPSA) is 20.2 Å². The zero-order chi connectivity index (χ0) is 11.3. The molecule has 80 valence electrons. The van der Waals surface area contributed by atoms with E-state index in [1.165, 1.54) is 16.7 Å². The predicted molar refractivity (Wildman–Crippen MR) is 63.9 cm³/mol. The fourth-order valence-corrected chi connectivity index (χ4v) is 1.79. The lowest BCUT2D eigenvalue weighted by Gasteiger charge is -2.09. The highest BCUT2D eigenvalue weighted by molar-refractivity contribution is 5.49. The molecule has 0 saturated heterocycles. The number of aliphatic hydroxyl groups is 1. The fourth-order valence-electron chi connectivity index (χ4n) is 1.79. The van der Waals surface area contributed by atoms with E-state index in [0.717, 1.165) is 18.4 Å². The van der Waals surface area contributed by atoms with Crippen LogP contribution in [0.5, 0.6) is 0 Å². The number of benzene rings is 1. The quantitative estimate of drug-likeness (QED) is 0.730. The Morgan fingerprint density at radius 3 is 2.07 bits per heavy atom. The van der Waals surface area contributed by atoms with Crippen LogP contribution in [0, 0.1) is 18.8 Å². The number of hydrogen-bond acceptors (Lipinski definition) is 1. The van der Waals surface area contributed by atoms with Crippen molar-refractivity contribution in [1.29, 1.82) is 0 Å². The van der Waals surface area contributed by atoms with E-state index >= 15 is 0 Å². The van der Waals surface area contributed by atoms with E-state index in [1.807, 2.05) is 0 Å². The molecule has 1 N–H and O–H groups in total. The summed E-state index contributed by atoms with van der Waals surface area (Å²) in [4.78, 5) is 0. The summed E-state index contributed by atoms with van der Waals surface area (Å²) in [6, 6.07) is 4.36. The molecule has 0 atom stereocenters. The van der Waals surface area contributed by atoms with Crippen LogP contribution in [-0.2, 0) is 12.8 Å². The number of aliphatic hydroxyl groups excluding tert-OH is 1. The van der Waals surface area contributed by atoms with Crippen molar-refractivity contribution in [3.63, 3.8) is 0 Å². The van der Waals surface area contributed by atoms with Crippen molar-refractivity contribution in [2.75, 3.05) is 6.61 Å². The maximum absolute atomic E-state index is 8.74. The van der Waals surface area contributed by atoms with E-state index in [4.69, 9.17) is 5.11 Å². The molecule has 0 fully saturated rings. The van der Waals surface area contributed by atoms with Gasteiger partial charge in [0.2, 0.25) is 0 Å². The van der Waals surface area contributed by atoms with E-state index in [9.17, 15) is 0 Å². The highest BCUT2D eigenvalue weighted by atomic mass is 16.2. The molecule has 0 saturated carbocycles. The minimum Gasteiger partial charge on any atom is -0.384 e. The molecular weight excluding hydrogens is 184 g/mol. The highest BCUT2D eigenvalue weighted by Crippen LogP contribution is 2.18. The third-order valence-electron chi connectivity index (χ3n) is 2.50. The van der Waals surface area contributed by atoms with E-state index in [1.54, 1.807) is 0 Å². The Kier molecular flexibility index (Phi) is 4.39. The molecule has 1 nitrogen and oxygen atoms in total. The molecule has 0 aliphatic heterocycles. The van der Waals surface area contributed by atoms with Crippen molar-refractivity contribution in [1.82, 2.24) is 0 Å². The van der Waals surface area contributed by atoms with Gasteiger partial charge in [0.05, 0.1) is 0 Å². The van der Waals surface area contributed by atoms with E-state index in [0.29, 0.717) is 0 Å². The molecule has 1 aromatic rings. The molecular formula is C14H18O. The summed E-state index contributed by atoms with van der Waals surface area (Å²) in [7, 11) is 0. The average molecular weight is 202 g/mol. The van der Waals surface area contributed by atoms with Crippen LogP contribution >= 0.6 is 0 Å². The van der Waals surface area contributed by atoms with E-state index in [2.05, 4.69) is 44.7 Å². The Bertz CT molecular complexity index is 369. The zero-order valence-electron chi connectivity index (χ0n) is 9.72. The molecule has 0 aliphatic rings. The maximum Gasteiger partial charge on any atom is 0.104 e. The average Bonchev–Trinajstić information content (AvgIpc) is 2.26. The lowest BCUT2D eigenvalue weighted by Crippen LogP contribution is -1.96. The van der Waals surface area contributed by atoms with Gasteiger partial charge in [-0.05, 0) is 30.9 Å². The van der Waals surface area contributed by atoms with E-state index < -0.39 is 0 Å². The zero-order valence-corrected chi connectivity index (χ0v) is 9.72. The molecule has 0 heterocycles. The van der Waals surface area contributed by atoms with Gasteiger partial charge in [0.15, 0.2) is 0 Å². The van der Waals surface area contributed by atoms with Crippen LogP contribution in [0.4, 0.5) is 0 Å². The van der Waals surface area contributed by atoms with Crippen LogP contribution < -0.4 is 0 Å². The summed E-state index contributed by atoms with van der Waals surface area (Å²) in [6.07, 6.45) is 1.98. The lowest BCUT2D eigenvalue weighted by molar-refractivity contribution is 0.350. The second kappa shape index (κ2) is 5.58. The number of aryl methyl sites for hydroxylation is 3. The molecule has 1 rings (SSSR count). The number of hydrogen-bond donors (Lipinski definition) is 1. The van der Waals surface area contributed by atoms with Gasteiger partial charge in [0, 0.05) is 5.56 Å². The predicted octanol–water partition coefficient (Wildman–Crippen LogP) is 2.46. The second-order valence-electron chi connectivity index (χ2n) is 3.63. The second-order valence-corrected chi connectivity index (χ2v) is 3.63. The van der Waals surface area contributed by atoms with Crippen LogP contribution in [-0.4, -0.2) is 11.7 Å². The van der Waals surface area contributed by atoms with Crippen molar-refractivity contribution in [3.05, 3.63) is 34.4 Å². The summed E-state index contributed by atoms with van der Waals surface area (Å²) in [5.74, 6) is 5.80. The normalized spacial score (nSPS) is 9.60. The molecule has 1 aromatic carbocycles. The smallest absolute Gasteiger partial charge is 0.104 e. The Labute approximate surface area is 92.1 Å². The molecule has 0 radical (unpaired) electrons. The molecule has 0 bridgehead atoms. The summed E-state index contributed by atoms with van der Waals surface area (Å²) >= 11 is 0. The minimum atomic E-state index is -0.0693. The molecule has 0 spiro atoms. The molecule has 0 amide bonds. The van der Waals surface area contributed by atoms with Crippen LogP contribution in [0.2, 0.25) is 0 Å². The van der Waals surface area contributed by atoms with Crippen molar-refractivity contribution >= 4 is 0 Å². The van der Waals surface area contributed by atoms with Gasteiger partial charge >= 0.3 is 0 Å². The van der Waals surface area contributed by atoms with Gasteiger partial charge < -0.3 is 5.11 Å². The van der Waals surface area contributed by atoms with Gasteiger partial charge in [-0.15, -0.1) is 0 Å². The largest absolute Gasteiger partial charge is 0.384 e. The molecule has 0 aliphatic carbocycles. The monoisotopic (exact) mass is 202 g/mol. The summed E-state index contributed by atoms with van der Waals surface area (Å²) in [5.41, 5.74) is 4.97. The molecule has 1 heteroatoms. The first-order chi connectivity index (χ1) is 7.22. The van der Waals surface area contributed by atoms with Crippen LogP contribution in [0.3, 0.4) is 0 Å². The molecule has 15 heavy (non-hydrogen) atoms. The van der Waals surface area contributed by atoms with Crippen LogP contribution in [0.1, 0.15) is 36.1 Å². The van der Waals surface area contributed by atoms with Gasteiger partial charge in [-0.1, -0.05) is 43.4 Å². The van der Waals surface area contributed by atoms with Gasteiger partial charge in [0.1, 0.15) is 6.61 Å². The minimum absolute atomic E-state index is 0.0693. The maximum atomic E-state index is 8.74. The first kappa shape index (κ1) is 11.8. The van der Waals surface area contributed by atoms with Crippen LogP contribution in [0.25, 0.3) is 0 Å². The Balaban J connectivity index is 3.30. The third-order valence-corrected chi connectivity index (χ3v) is 2.50. The lowest BCUT2D eigenvalue weighted by atomic mass is 9.95. The van der Waals surface area contributed by atoms with E-state index in [-0.39, 0.29) is 6.61 Å². The van der Waals surface area contributed by atoms with Crippen LogP contribution in [0.15, 0.2) is 12.1 Å². The van der Waals surface area contributed by atoms with Gasteiger partial charge in [0.25, 0.3) is 0 Å². The Hall–Kier alpha value is -1.26. The van der Waals surface area contributed by atoms with Gasteiger partial charge in [-0.25, -0.2) is 0 Å². The van der Waals surface area contributed by atoms with Crippen molar-refractivity contribution in [2.24, 2.45) is 0 Å². The number of rotatable bonds is 2. The summed E-state index contributed by atoms with van der Waals surface area (Å²) in [6.45, 7) is 6.32. The third kappa shape index (κ3) is 2.84. The standard InChI is InChI=1S/C14H18O/c1-4-12-9-11(3)10-13(5-2)14(12)7-6-8-15/h9-10,15H,4-5,8H2,1-3H3.